The molecule has 2 saturated heterocycles. The average Bonchev–Trinajstić information content (AvgIpc) is 3.20. The van der Waals surface area contributed by atoms with E-state index in [2.05, 4.69) is 59.5 Å². The van der Waals surface area contributed by atoms with Crippen molar-refractivity contribution in [2.45, 2.75) is 33.0 Å². The van der Waals surface area contributed by atoms with Crippen LogP contribution in [-0.2, 0) is 4.79 Å². The Morgan fingerprint density at radius 2 is 1.70 bits per heavy atom. The Labute approximate surface area is 182 Å². The van der Waals surface area contributed by atoms with Gasteiger partial charge in [-0.3, -0.25) is 4.79 Å². The summed E-state index contributed by atoms with van der Waals surface area (Å²) in [5.41, 5.74) is 14.9. The third-order valence-corrected chi connectivity index (χ3v) is 6.22. The van der Waals surface area contributed by atoms with E-state index in [-0.39, 0.29) is 12.1 Å². The maximum absolute atomic E-state index is 13.2. The Hall–Kier alpha value is -2.32. The zero-order valence-corrected chi connectivity index (χ0v) is 18.4. The second kappa shape index (κ2) is 8.81. The van der Waals surface area contributed by atoms with Crippen molar-refractivity contribution < 1.29 is 4.79 Å². The number of nitrogens with one attached hydrogen (secondary N) is 4. The molecule has 1 amide bonds. The normalized spacial score (nSPS) is 21.7. The summed E-state index contributed by atoms with van der Waals surface area (Å²) in [7, 11) is 0. The van der Waals surface area contributed by atoms with Crippen LogP contribution >= 0.6 is 11.6 Å². The summed E-state index contributed by atoms with van der Waals surface area (Å²) < 4.78 is 0. The molecule has 2 aromatic rings. The van der Waals surface area contributed by atoms with Gasteiger partial charge in [0.2, 0.25) is 5.91 Å². The highest BCUT2D eigenvalue weighted by atomic mass is 35.5. The van der Waals surface area contributed by atoms with Crippen molar-refractivity contribution in [1.82, 2.24) is 21.3 Å². The van der Waals surface area contributed by atoms with Gasteiger partial charge in [-0.25, -0.2) is 10.9 Å². The second-order valence-electron chi connectivity index (χ2n) is 8.06. The van der Waals surface area contributed by atoms with E-state index >= 15 is 0 Å². The lowest BCUT2D eigenvalue weighted by molar-refractivity contribution is -0.133. The summed E-state index contributed by atoms with van der Waals surface area (Å²) in [5.74, 6) is 0.0799. The van der Waals surface area contributed by atoms with Crippen LogP contribution in [-0.4, -0.2) is 49.2 Å². The topological polar surface area (TPSA) is 71.7 Å². The van der Waals surface area contributed by atoms with Gasteiger partial charge in [-0.2, -0.15) is 5.53 Å². The fraction of sp³-hybridized carbons (Fsp3) is 0.409. The summed E-state index contributed by atoms with van der Waals surface area (Å²) in [6.45, 7) is 9.20. The molecule has 0 aliphatic carbocycles. The number of halogens is 1. The average molecular weight is 429 g/mol. The van der Waals surface area contributed by atoms with E-state index in [0.717, 1.165) is 29.5 Å². The van der Waals surface area contributed by atoms with Crippen LogP contribution in [0.5, 0.6) is 0 Å². The van der Waals surface area contributed by atoms with Crippen molar-refractivity contribution in [2.75, 3.05) is 36.4 Å². The van der Waals surface area contributed by atoms with Crippen LogP contribution < -0.4 is 26.6 Å². The van der Waals surface area contributed by atoms with Gasteiger partial charge < -0.3 is 15.1 Å². The smallest absolute Gasteiger partial charge is 0.244 e. The standard InChI is InChI=1S/C22H29ClN6O/c1-14-5-7-18(12-16(14)3)24-21-20(25-27-26-21)22(30)29-10-8-28(9-11-29)19-13-17(23)6-4-15(19)2/h4-7,12-13,20-21,24-27H,8-11H2,1-3H3. The lowest BCUT2D eigenvalue weighted by Gasteiger charge is -2.38. The van der Waals surface area contributed by atoms with Crippen molar-refractivity contribution in [2.24, 2.45) is 0 Å². The monoisotopic (exact) mass is 428 g/mol. The summed E-state index contributed by atoms with van der Waals surface area (Å²) in [6.07, 6.45) is -0.243. The Kier molecular flexibility index (Phi) is 6.15. The number of aryl methyl sites for hydroxylation is 3. The van der Waals surface area contributed by atoms with Gasteiger partial charge in [0.15, 0.2) is 0 Å². The predicted octanol–water partition coefficient (Wildman–Crippen LogP) is 2.33. The van der Waals surface area contributed by atoms with Crippen LogP contribution in [0.15, 0.2) is 36.4 Å². The Balaban J connectivity index is 1.38. The minimum atomic E-state index is -0.397. The molecule has 0 radical (unpaired) electrons. The highest BCUT2D eigenvalue weighted by Crippen LogP contribution is 2.25. The van der Waals surface area contributed by atoms with E-state index in [9.17, 15) is 4.79 Å². The molecular weight excluding hydrogens is 400 g/mol. The largest absolute Gasteiger partial charge is 0.368 e. The summed E-state index contributed by atoms with van der Waals surface area (Å²) >= 11 is 6.18. The van der Waals surface area contributed by atoms with E-state index in [0.29, 0.717) is 13.1 Å². The molecule has 2 aliphatic heterocycles. The number of piperazine rings is 1. The lowest BCUT2D eigenvalue weighted by Crippen LogP contribution is -2.57. The number of hydrogen-bond donors (Lipinski definition) is 4. The minimum absolute atomic E-state index is 0.0799. The molecule has 2 aliphatic rings. The Morgan fingerprint density at radius 1 is 0.967 bits per heavy atom. The number of amides is 1. The first kappa shape index (κ1) is 20.9. The van der Waals surface area contributed by atoms with Crippen LogP contribution in [0.25, 0.3) is 0 Å². The Morgan fingerprint density at radius 3 is 2.43 bits per heavy atom. The van der Waals surface area contributed by atoms with Crippen LogP contribution in [0.1, 0.15) is 16.7 Å². The van der Waals surface area contributed by atoms with Crippen LogP contribution in [0.2, 0.25) is 5.02 Å². The maximum Gasteiger partial charge on any atom is 0.244 e. The first-order chi connectivity index (χ1) is 14.4. The molecule has 0 bridgehead atoms. The van der Waals surface area contributed by atoms with Crippen LogP contribution in [0.3, 0.4) is 0 Å². The zero-order chi connectivity index (χ0) is 21.3. The molecule has 0 aromatic heterocycles. The quantitative estimate of drug-likeness (QED) is 0.599. The van der Waals surface area contributed by atoms with Crippen molar-refractivity contribution in [3.05, 3.63) is 58.1 Å². The number of nitrogens with zero attached hydrogens (tertiary/aromatic N) is 2. The fourth-order valence-corrected chi connectivity index (χ4v) is 4.15. The van der Waals surface area contributed by atoms with Crippen molar-refractivity contribution >= 4 is 28.9 Å². The van der Waals surface area contributed by atoms with Crippen molar-refractivity contribution in [1.29, 1.82) is 0 Å². The van der Waals surface area contributed by atoms with Gasteiger partial charge in [0.25, 0.3) is 0 Å². The number of hydrogen-bond acceptors (Lipinski definition) is 6. The SMILES string of the molecule is Cc1ccc(NC2NNNC2C(=O)N2CCN(c3cc(Cl)ccc3C)CC2)cc1C. The molecule has 8 heteroatoms. The van der Waals surface area contributed by atoms with E-state index in [4.69, 9.17) is 11.6 Å². The summed E-state index contributed by atoms with van der Waals surface area (Å²) in [4.78, 5) is 17.4. The molecule has 4 rings (SSSR count). The molecule has 2 heterocycles. The number of rotatable bonds is 4. The highest BCUT2D eigenvalue weighted by Gasteiger charge is 2.36. The number of anilines is 2. The Bertz CT molecular complexity index is 928. The van der Waals surface area contributed by atoms with Crippen molar-refractivity contribution in [3.63, 3.8) is 0 Å². The summed E-state index contributed by atoms with van der Waals surface area (Å²) in [6, 6.07) is 11.8. The zero-order valence-electron chi connectivity index (χ0n) is 17.6. The molecule has 0 spiro atoms. The number of carbonyl (C=O) groups is 1. The van der Waals surface area contributed by atoms with Gasteiger partial charge in [0, 0.05) is 42.6 Å². The molecule has 2 atom stereocenters. The second-order valence-corrected chi connectivity index (χ2v) is 8.49. The van der Waals surface area contributed by atoms with E-state index in [1.807, 2.05) is 29.2 Å². The summed E-state index contributed by atoms with van der Waals surface area (Å²) in [5, 5.41) is 4.16. The minimum Gasteiger partial charge on any atom is -0.368 e. The molecule has 160 valence electrons. The molecule has 2 fully saturated rings. The van der Waals surface area contributed by atoms with Gasteiger partial charge in [-0.15, -0.1) is 0 Å². The lowest BCUT2D eigenvalue weighted by atomic mass is 10.1. The van der Waals surface area contributed by atoms with Crippen LogP contribution in [0.4, 0.5) is 11.4 Å². The fourth-order valence-electron chi connectivity index (χ4n) is 3.99. The van der Waals surface area contributed by atoms with E-state index in [1.165, 1.54) is 16.7 Å². The maximum atomic E-state index is 13.2. The van der Waals surface area contributed by atoms with Gasteiger partial charge in [-0.1, -0.05) is 23.7 Å². The molecule has 4 N–H and O–H groups in total. The van der Waals surface area contributed by atoms with E-state index in [1.54, 1.807) is 0 Å². The third-order valence-electron chi connectivity index (χ3n) is 5.99. The first-order valence-electron chi connectivity index (χ1n) is 10.3. The van der Waals surface area contributed by atoms with E-state index < -0.39 is 6.04 Å². The van der Waals surface area contributed by atoms with Gasteiger partial charge >= 0.3 is 0 Å². The van der Waals surface area contributed by atoms with Gasteiger partial charge in [0.1, 0.15) is 12.2 Å². The highest BCUT2D eigenvalue weighted by molar-refractivity contribution is 6.30. The molecule has 2 aromatic carbocycles. The predicted molar refractivity (Wildman–Crippen MR) is 122 cm³/mol. The first-order valence-corrected chi connectivity index (χ1v) is 10.7. The number of carbonyl (C=O) groups excluding carboxylic acids is 1. The molecular formula is C22H29ClN6O. The number of benzene rings is 2. The third kappa shape index (κ3) is 4.39. The van der Waals surface area contributed by atoms with Gasteiger partial charge in [-0.05, 0) is 61.7 Å². The number of hydrazine groups is 2. The molecule has 30 heavy (non-hydrogen) atoms. The molecule has 7 nitrogen and oxygen atoms in total. The van der Waals surface area contributed by atoms with Crippen LogP contribution in [0, 0.1) is 20.8 Å². The van der Waals surface area contributed by atoms with Crippen molar-refractivity contribution in [3.8, 4) is 0 Å². The molecule has 2 unspecified atom stereocenters. The molecule has 0 saturated carbocycles. The van der Waals surface area contributed by atoms with Gasteiger partial charge in [0.05, 0.1) is 0 Å².